The molecule has 1 rings (SSSR count). The zero-order chi connectivity index (χ0) is 18.9. The lowest BCUT2D eigenvalue weighted by Gasteiger charge is -2.28. The molecule has 0 radical (unpaired) electrons. The lowest BCUT2D eigenvalue weighted by molar-refractivity contribution is -0.0613. The summed E-state index contributed by atoms with van der Waals surface area (Å²) in [6.07, 6.45) is 2.97. The van der Waals surface area contributed by atoms with Crippen LogP contribution in [0.15, 0.2) is 24.3 Å². The topological polar surface area (TPSA) is 47.9 Å². The zero-order valence-electron chi connectivity index (χ0n) is 16.7. The van der Waals surface area contributed by atoms with Gasteiger partial charge in [0.1, 0.15) is 6.04 Å². The summed E-state index contributed by atoms with van der Waals surface area (Å²) in [7, 11) is 0.811. The number of hydrogen-bond acceptors (Lipinski definition) is 4. The molecular formula is C20H35O4Si+. The van der Waals surface area contributed by atoms with Gasteiger partial charge in [0.2, 0.25) is 0 Å². The van der Waals surface area contributed by atoms with Gasteiger partial charge in [-0.2, -0.15) is 0 Å². The Morgan fingerprint density at radius 1 is 1.04 bits per heavy atom. The lowest BCUT2D eigenvalue weighted by Crippen LogP contribution is -2.30. The van der Waals surface area contributed by atoms with Crippen LogP contribution in [-0.4, -0.2) is 39.1 Å². The Labute approximate surface area is 155 Å². The van der Waals surface area contributed by atoms with Gasteiger partial charge in [0.25, 0.3) is 0 Å². The van der Waals surface area contributed by atoms with Crippen molar-refractivity contribution in [2.45, 2.75) is 77.4 Å². The van der Waals surface area contributed by atoms with Crippen molar-refractivity contribution in [3.8, 4) is 5.75 Å². The minimum Gasteiger partial charge on any atom is -0.392 e. The highest BCUT2D eigenvalue weighted by Crippen LogP contribution is 2.23. The third kappa shape index (κ3) is 8.86. The Morgan fingerprint density at radius 2 is 1.72 bits per heavy atom. The van der Waals surface area contributed by atoms with Gasteiger partial charge in [0, 0.05) is 12.7 Å². The summed E-state index contributed by atoms with van der Waals surface area (Å²) in [5.74, 6) is 0.818. The van der Waals surface area contributed by atoms with Gasteiger partial charge in [-0.15, -0.1) is 0 Å². The Bertz CT molecular complexity index is 502. The van der Waals surface area contributed by atoms with E-state index in [2.05, 4.69) is 34.2 Å². The molecule has 0 saturated carbocycles. The van der Waals surface area contributed by atoms with Crippen LogP contribution >= 0.6 is 0 Å². The van der Waals surface area contributed by atoms with E-state index in [0.717, 1.165) is 36.6 Å². The number of hydrogen-bond donors (Lipinski definition) is 1. The summed E-state index contributed by atoms with van der Waals surface area (Å²) in [6, 6.07) is 8.77. The maximum Gasteiger partial charge on any atom is 0.538 e. The SMILES string of the molecule is COC(C)(C)CCOC(C)(C)CCC[Si+](C)Oc1ccccc1CO. The van der Waals surface area contributed by atoms with Crippen LogP contribution in [0.2, 0.25) is 12.6 Å². The molecule has 4 nitrogen and oxygen atoms in total. The molecular weight excluding hydrogens is 332 g/mol. The fourth-order valence-corrected chi connectivity index (χ4v) is 3.83. The summed E-state index contributed by atoms with van der Waals surface area (Å²) in [4.78, 5) is 0. The molecule has 0 saturated heterocycles. The standard InChI is InChI=1S/C20H35O4Si/c1-19(2,22-5)13-14-23-20(3,4)12-9-15-25(6)24-18-11-8-7-10-17(18)16-21/h7-8,10-11,21H,9,12-16H2,1-6H3/q+1. The Morgan fingerprint density at radius 3 is 2.36 bits per heavy atom. The van der Waals surface area contributed by atoms with Crippen molar-refractivity contribution in [3.05, 3.63) is 29.8 Å². The molecule has 0 atom stereocenters. The number of methoxy groups -OCH3 is 1. The van der Waals surface area contributed by atoms with Crippen molar-refractivity contribution in [1.82, 2.24) is 0 Å². The average molecular weight is 368 g/mol. The van der Waals surface area contributed by atoms with E-state index in [0.29, 0.717) is 6.61 Å². The number of aliphatic hydroxyl groups is 1. The maximum absolute atomic E-state index is 9.38. The first-order chi connectivity index (χ1) is 11.7. The molecule has 0 aliphatic carbocycles. The van der Waals surface area contributed by atoms with E-state index in [1.165, 1.54) is 0 Å². The molecule has 0 fully saturated rings. The van der Waals surface area contributed by atoms with Gasteiger partial charge in [0.15, 0.2) is 5.75 Å². The number of aliphatic hydroxyl groups excluding tert-OH is 1. The molecule has 1 N–H and O–H groups in total. The first-order valence-electron chi connectivity index (χ1n) is 9.07. The molecule has 0 bridgehead atoms. The second kappa shape index (κ2) is 10.3. The smallest absolute Gasteiger partial charge is 0.392 e. The highest BCUT2D eigenvalue weighted by atomic mass is 28.3. The van der Waals surface area contributed by atoms with Crippen molar-refractivity contribution < 1.29 is 19.0 Å². The molecule has 0 aliphatic heterocycles. The second-order valence-electron chi connectivity index (χ2n) is 7.75. The lowest BCUT2D eigenvalue weighted by atomic mass is 10.0. The van der Waals surface area contributed by atoms with E-state index in [-0.39, 0.29) is 17.8 Å². The molecule has 0 unspecified atom stereocenters. The molecule has 0 aromatic heterocycles. The van der Waals surface area contributed by atoms with Crippen LogP contribution in [0.1, 0.15) is 52.5 Å². The number of para-hydroxylation sites is 1. The molecule has 5 heteroatoms. The predicted octanol–water partition coefficient (Wildman–Crippen LogP) is 4.57. The van der Waals surface area contributed by atoms with Gasteiger partial charge in [-0.1, -0.05) is 18.2 Å². The Kier molecular flexibility index (Phi) is 9.14. The number of rotatable bonds is 12. The van der Waals surface area contributed by atoms with Crippen molar-refractivity contribution in [3.63, 3.8) is 0 Å². The molecule has 0 spiro atoms. The molecule has 0 amide bonds. The second-order valence-corrected chi connectivity index (χ2v) is 9.85. The van der Waals surface area contributed by atoms with E-state index in [9.17, 15) is 5.11 Å². The van der Waals surface area contributed by atoms with Gasteiger partial charge >= 0.3 is 9.04 Å². The summed E-state index contributed by atoms with van der Waals surface area (Å²) in [5, 5.41) is 9.38. The van der Waals surface area contributed by atoms with Crippen LogP contribution in [0, 0.1) is 0 Å². The van der Waals surface area contributed by atoms with Gasteiger partial charge in [-0.3, -0.25) is 0 Å². The zero-order valence-corrected chi connectivity index (χ0v) is 17.7. The fraction of sp³-hybridized carbons (Fsp3) is 0.700. The highest BCUT2D eigenvalue weighted by molar-refractivity contribution is 6.51. The predicted molar refractivity (Wildman–Crippen MR) is 104 cm³/mol. The van der Waals surface area contributed by atoms with Crippen LogP contribution < -0.4 is 4.43 Å². The van der Waals surface area contributed by atoms with Crippen molar-refractivity contribution >= 4 is 9.04 Å². The van der Waals surface area contributed by atoms with Crippen LogP contribution in [0.4, 0.5) is 0 Å². The Hall–Kier alpha value is -0.883. The van der Waals surface area contributed by atoms with Gasteiger partial charge < -0.3 is 19.0 Å². The summed E-state index contributed by atoms with van der Waals surface area (Å²) < 4.78 is 17.6. The van der Waals surface area contributed by atoms with E-state index in [4.69, 9.17) is 13.9 Å². The van der Waals surface area contributed by atoms with Gasteiger partial charge in [-0.25, -0.2) is 0 Å². The highest BCUT2D eigenvalue weighted by Gasteiger charge is 2.28. The first-order valence-corrected chi connectivity index (χ1v) is 11.2. The Balaban J connectivity index is 2.32. The summed E-state index contributed by atoms with van der Waals surface area (Å²) in [5.41, 5.74) is 0.592. The van der Waals surface area contributed by atoms with Gasteiger partial charge in [0.05, 0.1) is 31.0 Å². The monoisotopic (exact) mass is 367 g/mol. The van der Waals surface area contributed by atoms with Gasteiger partial charge in [-0.05, 0) is 53.0 Å². The third-order valence-electron chi connectivity index (χ3n) is 4.48. The molecule has 142 valence electrons. The molecule has 0 aliphatic rings. The van der Waals surface area contributed by atoms with E-state index in [1.54, 1.807) is 7.11 Å². The minimum atomic E-state index is -0.930. The van der Waals surface area contributed by atoms with E-state index >= 15 is 0 Å². The molecule has 1 aromatic carbocycles. The van der Waals surface area contributed by atoms with E-state index < -0.39 is 9.04 Å². The van der Waals surface area contributed by atoms with Crippen LogP contribution in [-0.2, 0) is 16.1 Å². The fourth-order valence-electron chi connectivity index (χ4n) is 2.48. The number of ether oxygens (including phenoxy) is 2. The third-order valence-corrected chi connectivity index (χ3v) is 6.11. The van der Waals surface area contributed by atoms with Crippen molar-refractivity contribution in [1.29, 1.82) is 0 Å². The summed E-state index contributed by atoms with van der Waals surface area (Å²) >= 11 is 0. The van der Waals surface area contributed by atoms with Crippen LogP contribution in [0.25, 0.3) is 0 Å². The normalized spacial score (nSPS) is 12.3. The molecule has 25 heavy (non-hydrogen) atoms. The van der Waals surface area contributed by atoms with Crippen LogP contribution in [0.5, 0.6) is 5.75 Å². The average Bonchev–Trinajstić information content (AvgIpc) is 2.54. The minimum absolute atomic E-state index is 0.0179. The quantitative estimate of drug-likeness (QED) is 0.550. The maximum atomic E-state index is 9.38. The number of benzene rings is 1. The van der Waals surface area contributed by atoms with E-state index in [1.807, 2.05) is 24.3 Å². The largest absolute Gasteiger partial charge is 0.538 e. The summed E-state index contributed by atoms with van der Waals surface area (Å²) in [6.45, 7) is 11.4. The van der Waals surface area contributed by atoms with Crippen LogP contribution in [0.3, 0.4) is 0 Å². The van der Waals surface area contributed by atoms with Crippen molar-refractivity contribution in [2.75, 3.05) is 13.7 Å². The molecule has 0 heterocycles. The molecule has 1 aromatic rings. The van der Waals surface area contributed by atoms with Crippen molar-refractivity contribution in [2.24, 2.45) is 0 Å². The first kappa shape index (κ1) is 22.2.